The largest absolute Gasteiger partial charge is 0.465 e. The monoisotopic (exact) mass is 459 g/mol. The number of primary amides is 1. The normalized spacial score (nSPS) is 18.0. The van der Waals surface area contributed by atoms with Crippen LogP contribution in [0.5, 0.6) is 11.5 Å². The molecule has 176 valence electrons. The molecule has 3 N–H and O–H groups in total. The first-order valence-corrected chi connectivity index (χ1v) is 11.3. The molecule has 2 aromatic carbocycles. The Labute approximate surface area is 199 Å². The van der Waals surface area contributed by atoms with Crippen molar-refractivity contribution < 1.29 is 19.4 Å². The van der Waals surface area contributed by atoms with Gasteiger partial charge in [-0.2, -0.15) is 0 Å². The van der Waals surface area contributed by atoms with Gasteiger partial charge in [0.15, 0.2) is 0 Å². The second-order valence-corrected chi connectivity index (χ2v) is 9.62. The van der Waals surface area contributed by atoms with Crippen LogP contribution in [0.4, 0.5) is 4.79 Å². The highest BCUT2D eigenvalue weighted by atomic mass is 16.5. The predicted octanol–water partition coefficient (Wildman–Crippen LogP) is 5.52. The number of carboxylic acid groups (broad SMARTS) is 1. The minimum atomic E-state index is -0.926. The maximum Gasteiger partial charge on any atom is 0.407 e. The zero-order valence-electron chi connectivity index (χ0n) is 19.6. The van der Waals surface area contributed by atoms with E-state index in [1.807, 2.05) is 75.4 Å². The van der Waals surface area contributed by atoms with Crippen molar-refractivity contribution in [1.82, 2.24) is 9.88 Å². The lowest BCUT2D eigenvalue weighted by atomic mass is 9.78. The number of pyridine rings is 1. The van der Waals surface area contributed by atoms with Crippen molar-refractivity contribution in [3.63, 3.8) is 0 Å². The highest BCUT2D eigenvalue weighted by Crippen LogP contribution is 2.42. The predicted molar refractivity (Wildman–Crippen MR) is 130 cm³/mol. The summed E-state index contributed by atoms with van der Waals surface area (Å²) in [5.74, 6) is 0.736. The summed E-state index contributed by atoms with van der Waals surface area (Å²) >= 11 is 0. The molecule has 1 aromatic heterocycles. The number of likely N-dealkylation sites (tertiary alicyclic amines) is 1. The smallest absolute Gasteiger partial charge is 0.407 e. The first-order chi connectivity index (χ1) is 16.1. The number of hydrogen-bond donors (Lipinski definition) is 2. The summed E-state index contributed by atoms with van der Waals surface area (Å²) in [6, 6.07) is 20.1. The van der Waals surface area contributed by atoms with Crippen molar-refractivity contribution in [2.75, 3.05) is 6.54 Å². The summed E-state index contributed by atoms with van der Waals surface area (Å²) in [6.45, 7) is 6.56. The second kappa shape index (κ2) is 9.17. The van der Waals surface area contributed by atoms with Gasteiger partial charge in [-0.3, -0.25) is 9.78 Å². The maximum atomic E-state index is 12.2. The maximum absolute atomic E-state index is 12.2. The van der Waals surface area contributed by atoms with Crippen molar-refractivity contribution in [3.05, 3.63) is 78.0 Å². The first-order valence-electron chi connectivity index (χ1n) is 11.3. The summed E-state index contributed by atoms with van der Waals surface area (Å²) in [7, 11) is 0. The van der Waals surface area contributed by atoms with Gasteiger partial charge in [-0.25, -0.2) is 4.79 Å². The van der Waals surface area contributed by atoms with Gasteiger partial charge in [0.25, 0.3) is 5.91 Å². The molecule has 2 unspecified atom stereocenters. The summed E-state index contributed by atoms with van der Waals surface area (Å²) in [4.78, 5) is 30.4. The zero-order valence-corrected chi connectivity index (χ0v) is 19.6. The number of para-hydroxylation sites is 1. The highest BCUT2D eigenvalue weighted by Gasteiger charge is 2.45. The Bertz CT molecular complexity index is 1190. The second-order valence-electron chi connectivity index (χ2n) is 9.62. The minimum Gasteiger partial charge on any atom is -0.465 e. The molecule has 0 aliphatic carbocycles. The Hall–Kier alpha value is -3.87. The van der Waals surface area contributed by atoms with Crippen molar-refractivity contribution in [3.8, 4) is 22.8 Å². The number of amides is 2. The molecule has 0 bridgehead atoms. The summed E-state index contributed by atoms with van der Waals surface area (Å²) in [5, 5.41) is 9.73. The van der Waals surface area contributed by atoms with E-state index in [9.17, 15) is 14.7 Å². The fourth-order valence-electron chi connectivity index (χ4n) is 4.79. The number of carbonyl (C=O) groups excluding carboxylic acids is 1. The Morgan fingerprint density at radius 3 is 2.24 bits per heavy atom. The molecular formula is C27H29N3O4. The Kier molecular flexibility index (Phi) is 6.28. The van der Waals surface area contributed by atoms with Crippen LogP contribution in [0.15, 0.2) is 66.7 Å². The quantitative estimate of drug-likeness (QED) is 0.522. The van der Waals surface area contributed by atoms with Crippen LogP contribution in [0.1, 0.15) is 49.2 Å². The molecule has 1 fully saturated rings. The van der Waals surface area contributed by atoms with Crippen LogP contribution in [0, 0.1) is 5.41 Å². The number of rotatable bonds is 5. The fourth-order valence-corrected chi connectivity index (χ4v) is 4.79. The van der Waals surface area contributed by atoms with E-state index in [0.29, 0.717) is 30.0 Å². The van der Waals surface area contributed by atoms with E-state index in [2.05, 4.69) is 0 Å². The molecule has 1 saturated heterocycles. The standard InChI is InChI=1S/C27H29N3O4/c1-27(2,3)24-20(15-16-30(24)26(32)33)22-14-13-21(25(28)31)23(29-22)17-9-11-19(12-10-17)34-18-7-5-4-6-8-18/h4-14,20,24H,15-16H2,1-3H3,(H2,28,31)(H,32,33). The number of benzene rings is 2. The van der Waals surface area contributed by atoms with E-state index >= 15 is 0 Å². The molecule has 2 atom stereocenters. The highest BCUT2D eigenvalue weighted by molar-refractivity contribution is 5.98. The van der Waals surface area contributed by atoms with Gasteiger partial charge in [-0.1, -0.05) is 39.0 Å². The Morgan fingerprint density at radius 2 is 1.65 bits per heavy atom. The van der Waals surface area contributed by atoms with Gasteiger partial charge in [-0.15, -0.1) is 0 Å². The van der Waals surface area contributed by atoms with Gasteiger partial charge in [-0.05, 0) is 60.4 Å². The summed E-state index contributed by atoms with van der Waals surface area (Å²) in [6.07, 6.45) is -0.258. The van der Waals surface area contributed by atoms with Crippen molar-refractivity contribution in [2.45, 2.75) is 39.2 Å². The molecule has 34 heavy (non-hydrogen) atoms. The van der Waals surface area contributed by atoms with Crippen molar-refractivity contribution >= 4 is 12.0 Å². The van der Waals surface area contributed by atoms with Crippen LogP contribution >= 0.6 is 0 Å². The summed E-state index contributed by atoms with van der Waals surface area (Å²) < 4.78 is 5.86. The lowest BCUT2D eigenvalue weighted by Gasteiger charge is -2.37. The number of carbonyl (C=O) groups is 2. The number of aromatic nitrogens is 1. The van der Waals surface area contributed by atoms with Crippen LogP contribution in [-0.4, -0.2) is 39.6 Å². The molecule has 7 heteroatoms. The van der Waals surface area contributed by atoms with E-state index in [1.165, 1.54) is 4.90 Å². The SMILES string of the molecule is CC(C)(C)C1C(c2ccc(C(N)=O)c(-c3ccc(Oc4ccccc4)cc3)n2)CCN1C(=O)O. The van der Waals surface area contributed by atoms with E-state index < -0.39 is 12.0 Å². The van der Waals surface area contributed by atoms with E-state index in [0.717, 1.165) is 17.0 Å². The molecular weight excluding hydrogens is 430 g/mol. The van der Waals surface area contributed by atoms with Crippen LogP contribution in [0.25, 0.3) is 11.3 Å². The average Bonchev–Trinajstić information content (AvgIpc) is 3.26. The number of nitrogens with zero attached hydrogens (tertiary/aromatic N) is 2. The van der Waals surface area contributed by atoms with Gasteiger partial charge >= 0.3 is 6.09 Å². The third-order valence-corrected chi connectivity index (χ3v) is 6.20. The molecule has 3 aromatic rings. The van der Waals surface area contributed by atoms with Crippen LogP contribution in [-0.2, 0) is 0 Å². The van der Waals surface area contributed by atoms with Gasteiger partial charge in [0.05, 0.1) is 11.3 Å². The van der Waals surface area contributed by atoms with Gasteiger partial charge in [0.2, 0.25) is 0 Å². The number of hydrogen-bond acceptors (Lipinski definition) is 4. The van der Waals surface area contributed by atoms with Crippen LogP contribution < -0.4 is 10.5 Å². The third kappa shape index (κ3) is 4.73. The zero-order chi connectivity index (χ0) is 24.5. The summed E-state index contributed by atoms with van der Waals surface area (Å²) in [5.41, 5.74) is 7.67. The molecule has 0 spiro atoms. The first kappa shape index (κ1) is 23.3. The average molecular weight is 460 g/mol. The minimum absolute atomic E-state index is 0.0857. The number of ether oxygens (including phenoxy) is 1. The Balaban J connectivity index is 1.69. The number of nitrogens with two attached hydrogens (primary N) is 1. The lowest BCUT2D eigenvalue weighted by Crippen LogP contribution is -2.44. The van der Waals surface area contributed by atoms with Crippen LogP contribution in [0.3, 0.4) is 0 Å². The van der Waals surface area contributed by atoms with Gasteiger partial charge < -0.3 is 20.5 Å². The van der Waals surface area contributed by atoms with E-state index in [-0.39, 0.29) is 17.4 Å². The third-order valence-electron chi connectivity index (χ3n) is 6.20. The molecule has 4 rings (SSSR count). The molecule has 0 radical (unpaired) electrons. The molecule has 1 aliphatic heterocycles. The van der Waals surface area contributed by atoms with Crippen molar-refractivity contribution in [1.29, 1.82) is 0 Å². The topological polar surface area (TPSA) is 106 Å². The lowest BCUT2D eigenvalue weighted by molar-refractivity contribution is 0.1000. The van der Waals surface area contributed by atoms with Crippen LogP contribution in [0.2, 0.25) is 0 Å². The molecule has 0 saturated carbocycles. The Morgan fingerprint density at radius 1 is 1.00 bits per heavy atom. The van der Waals surface area contributed by atoms with E-state index in [4.69, 9.17) is 15.5 Å². The van der Waals surface area contributed by atoms with E-state index in [1.54, 1.807) is 12.1 Å². The fraction of sp³-hybridized carbons (Fsp3) is 0.296. The van der Waals surface area contributed by atoms with Gasteiger partial charge in [0, 0.05) is 29.8 Å². The molecule has 2 amide bonds. The molecule has 7 nitrogen and oxygen atoms in total. The van der Waals surface area contributed by atoms with Crippen molar-refractivity contribution in [2.24, 2.45) is 11.1 Å². The molecule has 1 aliphatic rings. The van der Waals surface area contributed by atoms with Gasteiger partial charge in [0.1, 0.15) is 11.5 Å². The molecule has 2 heterocycles.